The first kappa shape index (κ1) is 16.4. The fraction of sp³-hybridized carbons (Fsp3) is 0.0455. The second-order valence-electron chi connectivity index (χ2n) is 6.05. The molecule has 0 aromatic heterocycles. The smallest absolute Gasteiger partial charge is 0.256 e. The minimum absolute atomic E-state index is 0.119. The van der Waals surface area contributed by atoms with Gasteiger partial charge in [0, 0.05) is 16.2 Å². The van der Waals surface area contributed by atoms with Crippen LogP contribution in [0.1, 0.15) is 16.7 Å². The lowest BCUT2D eigenvalue weighted by molar-refractivity contribution is -0.110. The van der Waals surface area contributed by atoms with Crippen LogP contribution in [0.3, 0.4) is 0 Å². The summed E-state index contributed by atoms with van der Waals surface area (Å²) >= 11 is 5.99. The largest absolute Gasteiger partial charge is 0.489 e. The molecule has 0 saturated carbocycles. The number of fused-ring (bicyclic) bond motifs is 1. The van der Waals surface area contributed by atoms with E-state index in [0.717, 1.165) is 28.1 Å². The summed E-state index contributed by atoms with van der Waals surface area (Å²) in [4.78, 5) is 12.2. The van der Waals surface area contributed by atoms with Crippen LogP contribution in [0.25, 0.3) is 11.6 Å². The summed E-state index contributed by atoms with van der Waals surface area (Å²) in [5, 5.41) is 3.44. The molecule has 1 heterocycles. The van der Waals surface area contributed by atoms with Gasteiger partial charge in [0.15, 0.2) is 0 Å². The highest BCUT2D eigenvalue weighted by atomic mass is 35.5. The Morgan fingerprint density at radius 1 is 0.962 bits per heavy atom. The lowest BCUT2D eigenvalue weighted by atomic mass is 10.0. The molecule has 0 atom stereocenters. The Balaban J connectivity index is 1.51. The number of carbonyl (C=O) groups is 1. The van der Waals surface area contributed by atoms with Crippen molar-refractivity contribution >= 4 is 34.8 Å². The molecule has 0 radical (unpaired) electrons. The molecule has 4 heteroatoms. The van der Waals surface area contributed by atoms with E-state index in [2.05, 4.69) is 5.32 Å². The van der Waals surface area contributed by atoms with Gasteiger partial charge >= 0.3 is 0 Å². The standard InChI is InChI=1S/C22H16ClNO2/c23-17-8-11-19-20(22(25)24-21(19)13-17)12-15-6-9-18(10-7-15)26-14-16-4-2-1-3-5-16/h1-13H,14H2,(H,24,25). The minimum atomic E-state index is -0.119. The maximum absolute atomic E-state index is 12.2. The molecule has 0 unspecified atom stereocenters. The quantitative estimate of drug-likeness (QED) is 0.631. The van der Waals surface area contributed by atoms with Crippen LogP contribution in [0.15, 0.2) is 72.8 Å². The summed E-state index contributed by atoms with van der Waals surface area (Å²) < 4.78 is 5.79. The molecule has 1 aliphatic rings. The number of ether oxygens (including phenoxy) is 1. The van der Waals surface area contributed by atoms with Crippen LogP contribution in [0.4, 0.5) is 5.69 Å². The molecule has 1 amide bonds. The van der Waals surface area contributed by atoms with Gasteiger partial charge in [-0.3, -0.25) is 4.79 Å². The molecule has 0 saturated heterocycles. The summed E-state index contributed by atoms with van der Waals surface area (Å²) in [5.41, 5.74) is 4.30. The molecule has 4 rings (SSSR count). The molecule has 0 spiro atoms. The van der Waals surface area contributed by atoms with E-state index in [9.17, 15) is 4.79 Å². The zero-order chi connectivity index (χ0) is 17.9. The van der Waals surface area contributed by atoms with Gasteiger partial charge in [0.2, 0.25) is 0 Å². The second-order valence-corrected chi connectivity index (χ2v) is 6.48. The van der Waals surface area contributed by atoms with E-state index in [0.29, 0.717) is 17.2 Å². The van der Waals surface area contributed by atoms with Gasteiger partial charge in [0.1, 0.15) is 12.4 Å². The average Bonchev–Trinajstić information content (AvgIpc) is 2.96. The van der Waals surface area contributed by atoms with Gasteiger partial charge in [-0.1, -0.05) is 60.1 Å². The predicted molar refractivity (Wildman–Crippen MR) is 105 cm³/mol. The maximum atomic E-state index is 12.2. The van der Waals surface area contributed by atoms with Crippen molar-refractivity contribution in [3.63, 3.8) is 0 Å². The maximum Gasteiger partial charge on any atom is 0.256 e. The zero-order valence-corrected chi connectivity index (χ0v) is 14.7. The number of benzene rings is 3. The fourth-order valence-electron chi connectivity index (χ4n) is 2.88. The molecule has 0 bridgehead atoms. The summed E-state index contributed by atoms with van der Waals surface area (Å²) in [6.45, 7) is 0.526. The van der Waals surface area contributed by atoms with Crippen molar-refractivity contribution in [2.75, 3.05) is 5.32 Å². The number of anilines is 1. The highest BCUT2D eigenvalue weighted by Crippen LogP contribution is 2.35. The van der Waals surface area contributed by atoms with Crippen LogP contribution in [-0.2, 0) is 11.4 Å². The molecule has 128 valence electrons. The van der Waals surface area contributed by atoms with E-state index in [1.807, 2.05) is 66.7 Å². The molecule has 0 fully saturated rings. The molecular formula is C22H16ClNO2. The van der Waals surface area contributed by atoms with Crippen molar-refractivity contribution in [2.24, 2.45) is 0 Å². The molecule has 0 aliphatic carbocycles. The number of hydrogen-bond acceptors (Lipinski definition) is 2. The third kappa shape index (κ3) is 3.48. The minimum Gasteiger partial charge on any atom is -0.489 e. The van der Waals surface area contributed by atoms with E-state index in [4.69, 9.17) is 16.3 Å². The number of hydrogen-bond donors (Lipinski definition) is 1. The van der Waals surface area contributed by atoms with E-state index in [1.165, 1.54) is 0 Å². The van der Waals surface area contributed by atoms with Gasteiger partial charge in [0.25, 0.3) is 5.91 Å². The second kappa shape index (κ2) is 7.06. The lowest BCUT2D eigenvalue weighted by Crippen LogP contribution is -2.03. The predicted octanol–water partition coefficient (Wildman–Crippen LogP) is 5.41. The zero-order valence-electron chi connectivity index (χ0n) is 13.9. The molecule has 3 aromatic carbocycles. The number of halogens is 1. The van der Waals surface area contributed by atoms with Crippen molar-refractivity contribution in [1.82, 2.24) is 0 Å². The SMILES string of the molecule is O=C1Nc2cc(Cl)ccc2C1=Cc1ccc(OCc2ccccc2)cc1. The summed E-state index contributed by atoms with van der Waals surface area (Å²) in [7, 11) is 0. The Kier molecular flexibility index (Phi) is 4.46. The lowest BCUT2D eigenvalue weighted by Gasteiger charge is -2.06. The van der Waals surface area contributed by atoms with Crippen molar-refractivity contribution in [3.8, 4) is 5.75 Å². The first-order chi connectivity index (χ1) is 12.7. The summed E-state index contributed by atoms with van der Waals surface area (Å²) in [6.07, 6.45) is 1.87. The fourth-order valence-corrected chi connectivity index (χ4v) is 3.05. The number of amides is 1. The van der Waals surface area contributed by atoms with Gasteiger partial charge in [-0.05, 0) is 41.5 Å². The third-order valence-corrected chi connectivity index (χ3v) is 4.44. The van der Waals surface area contributed by atoms with Crippen LogP contribution in [0.2, 0.25) is 5.02 Å². The summed E-state index contributed by atoms with van der Waals surface area (Å²) in [6, 6.07) is 23.1. The van der Waals surface area contributed by atoms with Gasteiger partial charge in [-0.15, -0.1) is 0 Å². The third-order valence-electron chi connectivity index (χ3n) is 4.20. The number of rotatable bonds is 4. The number of nitrogens with one attached hydrogen (secondary N) is 1. The Morgan fingerprint density at radius 2 is 1.73 bits per heavy atom. The van der Waals surface area contributed by atoms with Crippen LogP contribution in [-0.4, -0.2) is 5.91 Å². The van der Waals surface area contributed by atoms with Crippen molar-refractivity contribution in [3.05, 3.63) is 94.5 Å². The van der Waals surface area contributed by atoms with Crippen molar-refractivity contribution in [1.29, 1.82) is 0 Å². The van der Waals surface area contributed by atoms with Crippen LogP contribution >= 0.6 is 11.6 Å². The van der Waals surface area contributed by atoms with Crippen molar-refractivity contribution in [2.45, 2.75) is 6.61 Å². The Bertz CT molecular complexity index is 979. The van der Waals surface area contributed by atoms with Gasteiger partial charge in [-0.2, -0.15) is 0 Å². The average molecular weight is 362 g/mol. The Labute approximate surface area is 156 Å². The van der Waals surface area contributed by atoms with Gasteiger partial charge in [0.05, 0.1) is 5.69 Å². The number of carbonyl (C=O) groups excluding carboxylic acids is 1. The molecule has 26 heavy (non-hydrogen) atoms. The monoisotopic (exact) mass is 361 g/mol. The Morgan fingerprint density at radius 3 is 2.50 bits per heavy atom. The highest BCUT2D eigenvalue weighted by Gasteiger charge is 2.23. The van der Waals surface area contributed by atoms with E-state index in [1.54, 1.807) is 12.1 Å². The van der Waals surface area contributed by atoms with Gasteiger partial charge < -0.3 is 10.1 Å². The van der Waals surface area contributed by atoms with E-state index < -0.39 is 0 Å². The van der Waals surface area contributed by atoms with Crippen LogP contribution in [0, 0.1) is 0 Å². The van der Waals surface area contributed by atoms with Crippen LogP contribution < -0.4 is 10.1 Å². The van der Waals surface area contributed by atoms with E-state index in [-0.39, 0.29) is 5.91 Å². The summed E-state index contributed by atoms with van der Waals surface area (Å²) in [5.74, 6) is 0.672. The van der Waals surface area contributed by atoms with Gasteiger partial charge in [-0.25, -0.2) is 0 Å². The molecular weight excluding hydrogens is 346 g/mol. The molecule has 1 N–H and O–H groups in total. The normalized spacial score (nSPS) is 14.2. The molecule has 3 nitrogen and oxygen atoms in total. The highest BCUT2D eigenvalue weighted by molar-refractivity contribution is 6.36. The Hall–Kier alpha value is -3.04. The molecule has 1 aliphatic heterocycles. The first-order valence-electron chi connectivity index (χ1n) is 8.29. The first-order valence-corrected chi connectivity index (χ1v) is 8.66. The van der Waals surface area contributed by atoms with Crippen LogP contribution in [0.5, 0.6) is 5.75 Å². The molecule has 3 aromatic rings. The van der Waals surface area contributed by atoms with E-state index >= 15 is 0 Å². The topological polar surface area (TPSA) is 38.3 Å². The van der Waals surface area contributed by atoms with Crippen molar-refractivity contribution < 1.29 is 9.53 Å².